The van der Waals surface area contributed by atoms with E-state index in [0.717, 1.165) is 5.56 Å². The van der Waals surface area contributed by atoms with Gasteiger partial charge in [0.25, 0.3) is 5.78 Å². The first-order chi connectivity index (χ1) is 13.8. The summed E-state index contributed by atoms with van der Waals surface area (Å²) in [5, 5.41) is 0.935. The molecule has 0 bridgehead atoms. The summed E-state index contributed by atoms with van der Waals surface area (Å²) in [7, 11) is 0. The standard InChI is InChI=1S/C20H15Cl2N3O4/c1-3-29-20(28)13-9(2)25(7-10-4-5-11(21)6-12(10)22)17-14(13)18(26)19(27)16-15(17)23-8-24-16/h4-6,8H,3,7H2,1-2H3,(H,23,24). The Hall–Kier alpha value is -2.90. The number of Topliss-reactive ketones (excluding diaryl/α,β-unsaturated/α-hetero) is 2. The highest BCUT2D eigenvalue weighted by Crippen LogP contribution is 2.38. The number of benzene rings is 1. The van der Waals surface area contributed by atoms with Crippen LogP contribution in [0.25, 0.3) is 11.4 Å². The Bertz CT molecular complexity index is 1190. The molecule has 148 valence electrons. The predicted molar refractivity (Wildman–Crippen MR) is 107 cm³/mol. The van der Waals surface area contributed by atoms with Crippen LogP contribution in [0.1, 0.15) is 49.4 Å². The van der Waals surface area contributed by atoms with E-state index in [1.54, 1.807) is 36.6 Å². The summed E-state index contributed by atoms with van der Waals surface area (Å²) >= 11 is 12.3. The fourth-order valence-electron chi connectivity index (χ4n) is 3.55. The number of ether oxygens (including phenoxy) is 1. The van der Waals surface area contributed by atoms with E-state index in [0.29, 0.717) is 27.1 Å². The molecule has 4 rings (SSSR count). The lowest BCUT2D eigenvalue weighted by Crippen LogP contribution is -2.24. The largest absolute Gasteiger partial charge is 0.462 e. The van der Waals surface area contributed by atoms with Crippen LogP contribution in [0.15, 0.2) is 24.5 Å². The van der Waals surface area contributed by atoms with E-state index in [9.17, 15) is 14.4 Å². The van der Waals surface area contributed by atoms with Crippen molar-refractivity contribution >= 4 is 40.7 Å². The molecule has 29 heavy (non-hydrogen) atoms. The van der Waals surface area contributed by atoms with Crippen molar-refractivity contribution in [2.75, 3.05) is 6.61 Å². The highest BCUT2D eigenvalue weighted by molar-refractivity contribution is 6.53. The number of nitrogens with zero attached hydrogens (tertiary/aromatic N) is 2. The molecule has 1 aliphatic rings. The average Bonchev–Trinajstić information content (AvgIpc) is 3.25. The van der Waals surface area contributed by atoms with Gasteiger partial charge in [-0.2, -0.15) is 0 Å². The summed E-state index contributed by atoms with van der Waals surface area (Å²) in [6.07, 6.45) is 1.34. The van der Waals surface area contributed by atoms with E-state index in [2.05, 4.69) is 9.97 Å². The van der Waals surface area contributed by atoms with Gasteiger partial charge in [-0.05, 0) is 31.5 Å². The second kappa shape index (κ2) is 7.17. The maximum atomic E-state index is 12.9. The Balaban J connectivity index is 1.99. The third-order valence-electron chi connectivity index (χ3n) is 4.87. The number of carbonyl (C=O) groups excluding carboxylic acids is 3. The molecule has 0 spiro atoms. The van der Waals surface area contributed by atoms with E-state index in [-0.39, 0.29) is 30.0 Å². The van der Waals surface area contributed by atoms with Gasteiger partial charge in [0.05, 0.1) is 29.8 Å². The van der Waals surface area contributed by atoms with E-state index in [4.69, 9.17) is 27.9 Å². The minimum absolute atomic E-state index is 0.00985. The van der Waals surface area contributed by atoms with Gasteiger partial charge >= 0.3 is 5.97 Å². The van der Waals surface area contributed by atoms with Gasteiger partial charge in [-0.1, -0.05) is 29.3 Å². The van der Waals surface area contributed by atoms with E-state index in [1.807, 2.05) is 0 Å². The number of ketones is 2. The zero-order chi connectivity index (χ0) is 20.9. The van der Waals surface area contributed by atoms with Crippen molar-refractivity contribution in [2.24, 2.45) is 0 Å². The summed E-state index contributed by atoms with van der Waals surface area (Å²) in [5.41, 5.74) is 2.09. The maximum Gasteiger partial charge on any atom is 0.340 e. The van der Waals surface area contributed by atoms with Gasteiger partial charge in [-0.3, -0.25) is 9.59 Å². The van der Waals surface area contributed by atoms with E-state index >= 15 is 0 Å². The SMILES string of the molecule is CCOC(=O)c1c2c(n(Cc3ccc(Cl)cc3Cl)c1C)-c1nc[nH]c1C(=O)C2=O. The fourth-order valence-corrected chi connectivity index (χ4v) is 4.02. The topological polar surface area (TPSA) is 94.1 Å². The second-order valence-corrected chi connectivity index (χ2v) is 7.35. The number of esters is 1. The molecule has 2 heterocycles. The minimum Gasteiger partial charge on any atom is -0.462 e. The van der Waals surface area contributed by atoms with Crippen molar-refractivity contribution in [3.05, 3.63) is 62.6 Å². The van der Waals surface area contributed by atoms with Crippen LogP contribution in [0.3, 0.4) is 0 Å². The van der Waals surface area contributed by atoms with Gasteiger partial charge in [0.15, 0.2) is 0 Å². The smallest absolute Gasteiger partial charge is 0.340 e. The number of aromatic amines is 1. The molecular weight excluding hydrogens is 417 g/mol. The number of halogens is 2. The quantitative estimate of drug-likeness (QED) is 0.495. The Morgan fingerprint density at radius 3 is 2.69 bits per heavy atom. The number of fused-ring (bicyclic) bond motifs is 3. The second-order valence-electron chi connectivity index (χ2n) is 6.51. The molecule has 0 saturated heterocycles. The zero-order valence-electron chi connectivity index (χ0n) is 15.5. The minimum atomic E-state index is -0.774. The van der Waals surface area contributed by atoms with Crippen LogP contribution in [0, 0.1) is 6.92 Å². The first-order valence-electron chi connectivity index (χ1n) is 8.82. The molecule has 0 atom stereocenters. The molecule has 1 aliphatic carbocycles. The number of nitrogens with one attached hydrogen (secondary N) is 1. The van der Waals surface area contributed by atoms with Crippen LogP contribution in [0.4, 0.5) is 0 Å². The number of aromatic nitrogens is 3. The highest BCUT2D eigenvalue weighted by Gasteiger charge is 2.41. The van der Waals surface area contributed by atoms with Crippen molar-refractivity contribution in [2.45, 2.75) is 20.4 Å². The third kappa shape index (κ3) is 2.97. The Kier molecular flexibility index (Phi) is 4.80. The molecule has 1 N–H and O–H groups in total. The number of H-pyrrole nitrogens is 1. The molecule has 9 heteroatoms. The van der Waals surface area contributed by atoms with Crippen molar-refractivity contribution in [1.29, 1.82) is 0 Å². The lowest BCUT2D eigenvalue weighted by Gasteiger charge is -2.16. The predicted octanol–water partition coefficient (Wildman–Crippen LogP) is 4.10. The van der Waals surface area contributed by atoms with Crippen LogP contribution in [-0.2, 0) is 11.3 Å². The molecule has 1 aromatic carbocycles. The lowest BCUT2D eigenvalue weighted by molar-refractivity contribution is 0.0522. The molecule has 0 fully saturated rings. The van der Waals surface area contributed by atoms with Crippen molar-refractivity contribution in [1.82, 2.24) is 14.5 Å². The molecule has 3 aromatic rings. The number of carbonyl (C=O) groups is 3. The van der Waals surface area contributed by atoms with Gasteiger partial charge in [0.2, 0.25) is 5.78 Å². The van der Waals surface area contributed by atoms with Crippen LogP contribution < -0.4 is 0 Å². The number of hydrogen-bond donors (Lipinski definition) is 1. The number of hydrogen-bond acceptors (Lipinski definition) is 5. The summed E-state index contributed by atoms with van der Waals surface area (Å²) in [5.74, 6) is -2.18. The van der Waals surface area contributed by atoms with Gasteiger partial charge in [-0.25, -0.2) is 9.78 Å². The Labute approximate surface area is 175 Å². The van der Waals surface area contributed by atoms with E-state index in [1.165, 1.54) is 6.33 Å². The van der Waals surface area contributed by atoms with Crippen molar-refractivity contribution < 1.29 is 19.1 Å². The normalized spacial score (nSPS) is 12.7. The van der Waals surface area contributed by atoms with Crippen LogP contribution in [-0.4, -0.2) is 38.7 Å². The van der Waals surface area contributed by atoms with Crippen molar-refractivity contribution in [3.63, 3.8) is 0 Å². The monoisotopic (exact) mass is 431 g/mol. The van der Waals surface area contributed by atoms with Gasteiger partial charge in [0, 0.05) is 22.3 Å². The first kappa shape index (κ1) is 19.4. The van der Waals surface area contributed by atoms with Crippen molar-refractivity contribution in [3.8, 4) is 11.4 Å². The van der Waals surface area contributed by atoms with Gasteiger partial charge < -0.3 is 14.3 Å². The summed E-state index contributed by atoms with van der Waals surface area (Å²) in [6, 6.07) is 5.08. The summed E-state index contributed by atoms with van der Waals surface area (Å²) in [6.45, 7) is 3.75. The van der Waals surface area contributed by atoms with Gasteiger partial charge in [-0.15, -0.1) is 0 Å². The highest BCUT2D eigenvalue weighted by atomic mass is 35.5. The molecule has 0 amide bonds. The van der Waals surface area contributed by atoms with Crippen LogP contribution in [0.5, 0.6) is 0 Å². The maximum absolute atomic E-state index is 12.9. The van der Waals surface area contributed by atoms with E-state index < -0.39 is 17.5 Å². The lowest BCUT2D eigenvalue weighted by atomic mass is 9.92. The average molecular weight is 432 g/mol. The molecule has 0 saturated carbocycles. The van der Waals surface area contributed by atoms with Crippen LogP contribution >= 0.6 is 23.2 Å². The number of imidazole rings is 1. The molecule has 7 nitrogen and oxygen atoms in total. The Morgan fingerprint density at radius 1 is 1.24 bits per heavy atom. The van der Waals surface area contributed by atoms with Crippen LogP contribution in [0.2, 0.25) is 10.0 Å². The fraction of sp³-hybridized carbons (Fsp3) is 0.200. The molecule has 0 radical (unpaired) electrons. The summed E-state index contributed by atoms with van der Waals surface area (Å²) < 4.78 is 6.89. The summed E-state index contributed by atoms with van der Waals surface area (Å²) in [4.78, 5) is 45.0. The zero-order valence-corrected chi connectivity index (χ0v) is 17.0. The molecule has 2 aromatic heterocycles. The molecule has 0 aliphatic heterocycles. The number of rotatable bonds is 4. The third-order valence-corrected chi connectivity index (χ3v) is 5.46. The molecule has 0 unspecified atom stereocenters. The Morgan fingerprint density at radius 2 is 2.00 bits per heavy atom. The van der Waals surface area contributed by atoms with Gasteiger partial charge in [0.1, 0.15) is 11.4 Å². The first-order valence-corrected chi connectivity index (χ1v) is 9.57. The molecular formula is C20H15Cl2N3O4.